The second kappa shape index (κ2) is 8.55. The Bertz CT molecular complexity index is 868. The third kappa shape index (κ3) is 6.87. The molecule has 0 fully saturated rings. The van der Waals surface area contributed by atoms with Crippen LogP contribution in [0.5, 0.6) is 5.75 Å². The van der Waals surface area contributed by atoms with Crippen molar-refractivity contribution < 1.29 is 21.9 Å². The molecule has 1 aromatic carbocycles. The molecule has 5 nitrogen and oxygen atoms in total. The smallest absolute Gasteiger partial charge is 0.216 e. The van der Waals surface area contributed by atoms with Crippen molar-refractivity contribution in [2.45, 2.75) is 12.7 Å². The molecule has 8 heteroatoms. The predicted molar refractivity (Wildman–Crippen MR) is 89.2 cm³/mol. The minimum atomic E-state index is -3.75. The van der Waals surface area contributed by atoms with E-state index < -0.39 is 27.4 Å². The van der Waals surface area contributed by atoms with Gasteiger partial charge in [0.1, 0.15) is 24.0 Å². The first-order valence-electron chi connectivity index (χ1n) is 7.27. The SMILES string of the molecule is Cc1ccc(OCC#CCNS(=O)(=O)Cc2cc(F)cc(F)c2)cn1. The minimum absolute atomic E-state index is 0.0214. The Morgan fingerprint density at radius 2 is 1.88 bits per heavy atom. The molecule has 0 amide bonds. The lowest BCUT2D eigenvalue weighted by Gasteiger charge is -2.04. The van der Waals surface area contributed by atoms with Crippen molar-refractivity contribution in [2.75, 3.05) is 13.2 Å². The van der Waals surface area contributed by atoms with E-state index in [0.29, 0.717) is 11.8 Å². The lowest BCUT2D eigenvalue weighted by molar-refractivity contribution is 0.368. The molecule has 0 aliphatic carbocycles. The monoisotopic (exact) mass is 366 g/mol. The number of hydrogen-bond acceptors (Lipinski definition) is 4. The molecule has 1 N–H and O–H groups in total. The third-order valence-corrected chi connectivity index (χ3v) is 4.28. The van der Waals surface area contributed by atoms with Crippen LogP contribution in [0, 0.1) is 30.4 Å². The number of nitrogens with one attached hydrogen (secondary N) is 1. The minimum Gasteiger partial charge on any atom is -0.479 e. The van der Waals surface area contributed by atoms with Gasteiger partial charge in [0, 0.05) is 11.8 Å². The van der Waals surface area contributed by atoms with Crippen LogP contribution in [-0.2, 0) is 15.8 Å². The molecule has 2 rings (SSSR count). The maximum Gasteiger partial charge on any atom is 0.216 e. The first-order valence-corrected chi connectivity index (χ1v) is 8.93. The zero-order valence-corrected chi connectivity index (χ0v) is 14.2. The van der Waals surface area contributed by atoms with Crippen LogP contribution in [0.1, 0.15) is 11.3 Å². The number of halogens is 2. The lowest BCUT2D eigenvalue weighted by Crippen LogP contribution is -2.25. The molecule has 2 aromatic rings. The van der Waals surface area contributed by atoms with E-state index >= 15 is 0 Å². The van der Waals surface area contributed by atoms with Crippen LogP contribution < -0.4 is 9.46 Å². The molecular formula is C17H16F2N2O3S. The number of ether oxygens (including phenoxy) is 1. The summed E-state index contributed by atoms with van der Waals surface area (Å²) in [6.07, 6.45) is 1.57. The molecule has 1 heterocycles. The molecule has 132 valence electrons. The normalized spacial score (nSPS) is 10.8. The Morgan fingerprint density at radius 1 is 1.16 bits per heavy atom. The fourth-order valence-electron chi connectivity index (χ4n) is 1.88. The van der Waals surface area contributed by atoms with Gasteiger partial charge in [-0.05, 0) is 36.8 Å². The highest BCUT2D eigenvalue weighted by molar-refractivity contribution is 7.88. The van der Waals surface area contributed by atoms with Gasteiger partial charge in [-0.1, -0.05) is 11.8 Å². The zero-order chi connectivity index (χ0) is 18.3. The molecule has 25 heavy (non-hydrogen) atoms. The Labute approximate surface area is 145 Å². The number of sulfonamides is 1. The van der Waals surface area contributed by atoms with Crippen molar-refractivity contribution in [3.63, 3.8) is 0 Å². The average molecular weight is 366 g/mol. The second-order valence-corrected chi connectivity index (χ2v) is 6.94. The van der Waals surface area contributed by atoms with Gasteiger partial charge in [-0.2, -0.15) is 0 Å². The summed E-state index contributed by atoms with van der Waals surface area (Å²) in [6.45, 7) is 1.81. The van der Waals surface area contributed by atoms with E-state index in [4.69, 9.17) is 4.74 Å². The maximum atomic E-state index is 13.1. The van der Waals surface area contributed by atoms with Crippen LogP contribution in [-0.4, -0.2) is 26.6 Å². The van der Waals surface area contributed by atoms with Crippen LogP contribution >= 0.6 is 0 Å². The van der Waals surface area contributed by atoms with Gasteiger partial charge in [-0.25, -0.2) is 21.9 Å². The summed E-state index contributed by atoms with van der Waals surface area (Å²) >= 11 is 0. The summed E-state index contributed by atoms with van der Waals surface area (Å²) in [5.74, 6) is 3.63. The topological polar surface area (TPSA) is 68.3 Å². The Kier molecular flexibility index (Phi) is 6.44. The molecule has 0 aliphatic heterocycles. The molecule has 0 radical (unpaired) electrons. The highest BCUT2D eigenvalue weighted by Crippen LogP contribution is 2.10. The lowest BCUT2D eigenvalue weighted by atomic mass is 10.2. The standard InChI is InChI=1S/C17H16F2N2O3S/c1-13-4-5-17(11-20-13)24-7-3-2-6-21-25(22,23)12-14-8-15(18)10-16(19)9-14/h4-5,8-11,21H,6-7,12H2,1H3. The first kappa shape index (κ1) is 18.8. The molecular weight excluding hydrogens is 350 g/mol. The molecule has 0 saturated heterocycles. The van der Waals surface area contributed by atoms with E-state index in [1.807, 2.05) is 6.92 Å². The van der Waals surface area contributed by atoms with Gasteiger partial charge >= 0.3 is 0 Å². The van der Waals surface area contributed by atoms with Crippen molar-refractivity contribution in [1.29, 1.82) is 0 Å². The molecule has 0 bridgehead atoms. The summed E-state index contributed by atoms with van der Waals surface area (Å²) in [5.41, 5.74) is 0.888. The molecule has 0 spiro atoms. The Hall–Kier alpha value is -2.50. The fraction of sp³-hybridized carbons (Fsp3) is 0.235. The van der Waals surface area contributed by atoms with Gasteiger partial charge in [0.15, 0.2) is 0 Å². The number of rotatable bonds is 6. The van der Waals surface area contributed by atoms with Crippen LogP contribution in [0.2, 0.25) is 0 Å². The Balaban J connectivity index is 1.79. The van der Waals surface area contributed by atoms with Crippen molar-refractivity contribution in [3.8, 4) is 17.6 Å². The quantitative estimate of drug-likeness (QED) is 0.796. The number of hydrogen-bond donors (Lipinski definition) is 1. The maximum absolute atomic E-state index is 13.1. The average Bonchev–Trinajstić information content (AvgIpc) is 2.51. The Morgan fingerprint density at radius 3 is 2.52 bits per heavy atom. The van der Waals surface area contributed by atoms with Crippen molar-refractivity contribution in [1.82, 2.24) is 9.71 Å². The summed E-state index contributed by atoms with van der Waals surface area (Å²) in [5, 5.41) is 0. The van der Waals surface area contributed by atoms with Crippen LogP contribution in [0.15, 0.2) is 36.5 Å². The number of nitrogens with zero attached hydrogens (tertiary/aromatic N) is 1. The van der Waals surface area contributed by atoms with Crippen LogP contribution in [0.3, 0.4) is 0 Å². The van der Waals surface area contributed by atoms with E-state index in [1.165, 1.54) is 0 Å². The molecule has 0 aliphatic rings. The van der Waals surface area contributed by atoms with Crippen molar-refractivity contribution >= 4 is 10.0 Å². The molecule has 1 aromatic heterocycles. The van der Waals surface area contributed by atoms with Gasteiger partial charge in [-0.3, -0.25) is 4.98 Å². The van der Waals surface area contributed by atoms with Gasteiger partial charge in [0.05, 0.1) is 18.5 Å². The highest BCUT2D eigenvalue weighted by atomic mass is 32.2. The van der Waals surface area contributed by atoms with E-state index in [0.717, 1.165) is 17.8 Å². The number of pyridine rings is 1. The molecule has 0 atom stereocenters. The molecule has 0 unspecified atom stereocenters. The highest BCUT2D eigenvalue weighted by Gasteiger charge is 2.12. The molecule has 0 saturated carbocycles. The fourth-order valence-corrected chi connectivity index (χ4v) is 2.88. The van der Waals surface area contributed by atoms with E-state index in [9.17, 15) is 17.2 Å². The van der Waals surface area contributed by atoms with Crippen LogP contribution in [0.25, 0.3) is 0 Å². The third-order valence-electron chi connectivity index (χ3n) is 2.98. The van der Waals surface area contributed by atoms with Gasteiger partial charge < -0.3 is 4.74 Å². The number of aromatic nitrogens is 1. The number of benzene rings is 1. The summed E-state index contributed by atoms with van der Waals surface area (Å²) in [7, 11) is -3.75. The van der Waals surface area contributed by atoms with E-state index in [1.54, 1.807) is 18.3 Å². The van der Waals surface area contributed by atoms with Gasteiger partial charge in [0.2, 0.25) is 10.0 Å². The van der Waals surface area contributed by atoms with E-state index in [-0.39, 0.29) is 18.7 Å². The van der Waals surface area contributed by atoms with Gasteiger partial charge in [-0.15, -0.1) is 0 Å². The van der Waals surface area contributed by atoms with Crippen molar-refractivity contribution in [3.05, 3.63) is 59.4 Å². The summed E-state index contributed by atoms with van der Waals surface area (Å²) < 4.78 is 57.4. The first-order chi connectivity index (χ1) is 11.8. The summed E-state index contributed by atoms with van der Waals surface area (Å²) in [4.78, 5) is 4.06. The largest absolute Gasteiger partial charge is 0.479 e. The zero-order valence-electron chi connectivity index (χ0n) is 13.4. The van der Waals surface area contributed by atoms with Crippen molar-refractivity contribution in [2.24, 2.45) is 0 Å². The number of aryl methyl sites for hydroxylation is 1. The predicted octanol–water partition coefficient (Wildman–Crippen LogP) is 2.17. The van der Waals surface area contributed by atoms with Crippen LogP contribution in [0.4, 0.5) is 8.78 Å². The summed E-state index contributed by atoms with van der Waals surface area (Å²) in [6, 6.07) is 6.17. The van der Waals surface area contributed by atoms with Gasteiger partial charge in [0.25, 0.3) is 0 Å². The second-order valence-electron chi connectivity index (χ2n) is 5.14. The van der Waals surface area contributed by atoms with E-state index in [2.05, 4.69) is 21.5 Å².